The second kappa shape index (κ2) is 7.64. The van der Waals surface area contributed by atoms with Crippen molar-refractivity contribution >= 4 is 28.6 Å². The minimum absolute atomic E-state index is 0.0658. The molecule has 0 bridgehead atoms. The van der Waals surface area contributed by atoms with Crippen molar-refractivity contribution in [3.63, 3.8) is 0 Å². The van der Waals surface area contributed by atoms with E-state index in [1.807, 2.05) is 0 Å². The van der Waals surface area contributed by atoms with Crippen molar-refractivity contribution in [1.29, 1.82) is 0 Å². The van der Waals surface area contributed by atoms with Gasteiger partial charge < -0.3 is 15.5 Å². The summed E-state index contributed by atoms with van der Waals surface area (Å²) in [6, 6.07) is 17.9. The Morgan fingerprint density at radius 2 is 1.52 bits per heavy atom. The zero-order chi connectivity index (χ0) is 22.2. The molecule has 0 radical (unpaired) electrons. The highest BCUT2D eigenvalue weighted by molar-refractivity contribution is 6.20. The molecule has 0 saturated carbocycles. The minimum Gasteiger partial charge on any atom is -0.396 e. The van der Waals surface area contributed by atoms with Crippen LogP contribution in [0, 0.1) is 0 Å². The van der Waals surface area contributed by atoms with Gasteiger partial charge in [-0.3, -0.25) is 9.59 Å². The summed E-state index contributed by atoms with van der Waals surface area (Å²) in [5.74, 6) is -1.25. The van der Waals surface area contributed by atoms with Crippen LogP contribution in [0.15, 0.2) is 79.0 Å². The first-order chi connectivity index (χ1) is 14.8. The van der Waals surface area contributed by atoms with Gasteiger partial charge in [0.05, 0.1) is 28.0 Å². The number of nitrogens with one attached hydrogen (secondary N) is 1. The predicted octanol–water partition coefficient (Wildman–Crippen LogP) is 5.02. The number of carbonyl (C=O) groups is 2. The fourth-order valence-corrected chi connectivity index (χ4v) is 3.45. The quantitative estimate of drug-likeness (QED) is 0.453. The molecule has 1 amide bonds. The Bertz CT molecular complexity index is 1290. The van der Waals surface area contributed by atoms with Gasteiger partial charge in [-0.2, -0.15) is 13.2 Å². The highest BCUT2D eigenvalue weighted by Crippen LogP contribution is 2.35. The van der Waals surface area contributed by atoms with E-state index in [-0.39, 0.29) is 16.9 Å². The summed E-state index contributed by atoms with van der Waals surface area (Å²) in [6.07, 6.45) is -3.07. The van der Waals surface area contributed by atoms with Gasteiger partial charge in [0.15, 0.2) is 0 Å². The Hall–Kier alpha value is -4.07. The second-order valence-electron chi connectivity index (χ2n) is 6.79. The van der Waals surface area contributed by atoms with Crippen LogP contribution in [0.25, 0.3) is 5.52 Å². The molecule has 3 N–H and O–H groups in total. The van der Waals surface area contributed by atoms with Gasteiger partial charge in [-0.15, -0.1) is 0 Å². The summed E-state index contributed by atoms with van der Waals surface area (Å²) < 4.78 is 41.4. The van der Waals surface area contributed by atoms with Crippen LogP contribution in [0.1, 0.15) is 32.0 Å². The summed E-state index contributed by atoms with van der Waals surface area (Å²) in [5.41, 5.74) is 5.39. The smallest absolute Gasteiger partial charge is 0.396 e. The number of aromatic nitrogens is 1. The zero-order valence-electron chi connectivity index (χ0n) is 16.0. The van der Waals surface area contributed by atoms with E-state index in [0.717, 1.165) is 12.1 Å². The van der Waals surface area contributed by atoms with E-state index in [9.17, 15) is 22.8 Å². The third-order valence-corrected chi connectivity index (χ3v) is 4.84. The largest absolute Gasteiger partial charge is 0.418 e. The molecule has 156 valence electrons. The van der Waals surface area contributed by atoms with Crippen molar-refractivity contribution in [3.8, 4) is 0 Å². The number of nitrogens with zero attached hydrogens (tertiary/aromatic N) is 1. The molecule has 0 spiro atoms. The Labute approximate surface area is 174 Å². The monoisotopic (exact) mass is 423 g/mol. The molecule has 0 saturated heterocycles. The number of hydrogen-bond acceptors (Lipinski definition) is 3. The number of halogens is 3. The maximum absolute atomic E-state index is 13.3. The Balaban J connectivity index is 1.82. The molecule has 0 aliphatic heterocycles. The normalized spacial score (nSPS) is 11.5. The number of benzene rings is 2. The van der Waals surface area contributed by atoms with Crippen LogP contribution < -0.4 is 11.1 Å². The van der Waals surface area contributed by atoms with E-state index in [0.29, 0.717) is 11.1 Å². The minimum atomic E-state index is -4.65. The number of pyridine rings is 1. The molecule has 0 aliphatic carbocycles. The van der Waals surface area contributed by atoms with Gasteiger partial charge in [0, 0.05) is 11.8 Å². The molecular formula is C23H16F3N3O2. The molecule has 31 heavy (non-hydrogen) atoms. The first-order valence-corrected chi connectivity index (χ1v) is 9.25. The van der Waals surface area contributed by atoms with Crippen molar-refractivity contribution in [2.24, 2.45) is 0 Å². The predicted molar refractivity (Wildman–Crippen MR) is 111 cm³/mol. The van der Waals surface area contributed by atoms with Gasteiger partial charge in [0.1, 0.15) is 5.69 Å². The van der Waals surface area contributed by atoms with Crippen LogP contribution in [-0.4, -0.2) is 16.1 Å². The Kier molecular flexibility index (Phi) is 4.98. The van der Waals surface area contributed by atoms with Crippen LogP contribution in [-0.2, 0) is 6.18 Å². The summed E-state index contributed by atoms with van der Waals surface area (Å²) in [4.78, 5) is 26.1. The third-order valence-electron chi connectivity index (χ3n) is 4.84. The van der Waals surface area contributed by atoms with E-state index < -0.39 is 29.1 Å². The molecule has 0 unspecified atom stereocenters. The lowest BCUT2D eigenvalue weighted by atomic mass is 10.1. The van der Waals surface area contributed by atoms with Gasteiger partial charge >= 0.3 is 6.18 Å². The molecular weight excluding hydrogens is 407 g/mol. The number of alkyl halides is 3. The maximum atomic E-state index is 13.3. The number of anilines is 2. The van der Waals surface area contributed by atoms with Crippen LogP contribution in [0.3, 0.4) is 0 Å². The lowest BCUT2D eigenvalue weighted by Crippen LogP contribution is -2.17. The Morgan fingerprint density at radius 1 is 0.871 bits per heavy atom. The van der Waals surface area contributed by atoms with Crippen LogP contribution in [0.4, 0.5) is 24.5 Å². The number of hydrogen-bond donors (Lipinski definition) is 2. The van der Waals surface area contributed by atoms with Crippen molar-refractivity contribution in [2.75, 3.05) is 11.1 Å². The van der Waals surface area contributed by atoms with Gasteiger partial charge in [-0.05, 0) is 24.3 Å². The van der Waals surface area contributed by atoms with Crippen LogP contribution >= 0.6 is 0 Å². The summed E-state index contributed by atoms with van der Waals surface area (Å²) in [7, 11) is 0. The molecule has 0 atom stereocenters. The number of carbonyl (C=O) groups excluding carboxylic acids is 2. The summed E-state index contributed by atoms with van der Waals surface area (Å²) in [5, 5.41) is 2.29. The molecule has 2 aromatic heterocycles. The number of fused-ring (bicyclic) bond motifs is 1. The average Bonchev–Trinajstić information content (AvgIpc) is 3.05. The molecule has 0 aliphatic rings. The number of nitrogen functional groups attached to an aromatic ring is 1. The molecule has 2 aromatic carbocycles. The van der Waals surface area contributed by atoms with Crippen molar-refractivity contribution < 1.29 is 22.8 Å². The van der Waals surface area contributed by atoms with Crippen molar-refractivity contribution in [3.05, 3.63) is 101 Å². The molecule has 2 heterocycles. The fraction of sp³-hybridized carbons (Fsp3) is 0.0435. The molecule has 5 nitrogen and oxygen atoms in total. The molecule has 4 aromatic rings. The van der Waals surface area contributed by atoms with Crippen molar-refractivity contribution in [1.82, 2.24) is 4.40 Å². The van der Waals surface area contributed by atoms with E-state index in [1.165, 1.54) is 16.5 Å². The lowest BCUT2D eigenvalue weighted by Gasteiger charge is -2.13. The molecule has 4 rings (SSSR count). The number of para-hydroxylation sites is 1. The van der Waals surface area contributed by atoms with Crippen molar-refractivity contribution in [2.45, 2.75) is 6.18 Å². The first kappa shape index (κ1) is 20.2. The van der Waals surface area contributed by atoms with E-state index in [2.05, 4.69) is 5.32 Å². The highest BCUT2D eigenvalue weighted by atomic mass is 19.4. The topological polar surface area (TPSA) is 76.6 Å². The highest BCUT2D eigenvalue weighted by Gasteiger charge is 2.34. The molecule has 0 fully saturated rings. The second-order valence-corrected chi connectivity index (χ2v) is 6.79. The summed E-state index contributed by atoms with van der Waals surface area (Å²) >= 11 is 0. The molecule has 8 heteroatoms. The Morgan fingerprint density at radius 3 is 2.23 bits per heavy atom. The van der Waals surface area contributed by atoms with E-state index in [1.54, 1.807) is 54.7 Å². The van der Waals surface area contributed by atoms with E-state index >= 15 is 0 Å². The maximum Gasteiger partial charge on any atom is 0.418 e. The number of ketones is 1. The number of amides is 1. The summed E-state index contributed by atoms with van der Waals surface area (Å²) in [6.45, 7) is 0. The van der Waals surface area contributed by atoms with Crippen LogP contribution in [0.5, 0.6) is 0 Å². The lowest BCUT2D eigenvalue weighted by molar-refractivity contribution is -0.136. The standard InChI is InChI=1S/C23H16F3N3O2/c24-23(25,26)15-10-4-5-11-16(15)28-22(31)18-17-12-6-7-13-29(17)20(19(18)27)21(30)14-8-2-1-3-9-14/h1-13H,27H2,(H,28,31). The van der Waals surface area contributed by atoms with Gasteiger partial charge in [0.25, 0.3) is 5.91 Å². The first-order valence-electron chi connectivity index (χ1n) is 9.25. The van der Waals surface area contributed by atoms with E-state index in [4.69, 9.17) is 5.73 Å². The van der Waals surface area contributed by atoms with Gasteiger partial charge in [-0.25, -0.2) is 0 Å². The fourth-order valence-electron chi connectivity index (χ4n) is 3.45. The number of rotatable bonds is 4. The van der Waals surface area contributed by atoms with Crippen LogP contribution in [0.2, 0.25) is 0 Å². The number of nitrogens with two attached hydrogens (primary N) is 1. The zero-order valence-corrected chi connectivity index (χ0v) is 16.0. The van der Waals surface area contributed by atoms with Gasteiger partial charge in [-0.1, -0.05) is 48.5 Å². The average molecular weight is 423 g/mol. The third kappa shape index (κ3) is 3.63. The SMILES string of the molecule is Nc1c(C(=O)Nc2ccccc2C(F)(F)F)c2ccccn2c1C(=O)c1ccccc1. The van der Waals surface area contributed by atoms with Gasteiger partial charge in [0.2, 0.25) is 5.78 Å².